The number of alkyl halides is 3. The number of hydrogen-bond donors (Lipinski definition) is 3. The number of rotatable bonds is 5. The molecule has 1 aliphatic heterocycles. The minimum absolute atomic E-state index is 0.142. The number of fused-ring (bicyclic) bond motifs is 1. The average molecular weight is 553 g/mol. The van der Waals surface area contributed by atoms with Gasteiger partial charge >= 0.3 is 6.18 Å². The van der Waals surface area contributed by atoms with Gasteiger partial charge in [-0.1, -0.05) is 0 Å². The van der Waals surface area contributed by atoms with E-state index in [1.54, 1.807) is 13.8 Å². The first-order valence-electron chi connectivity index (χ1n) is 12.3. The fraction of sp³-hybridized carbons (Fsp3) is 0.423. The lowest BCUT2D eigenvalue weighted by Crippen LogP contribution is -2.48. The SMILES string of the molecule is Cc1cc(F)cc(C)c1-n1cc(C(=O)NC(C2CC2)C(F)(F)F)c(=O)c2cc(F)c(N3C[C@@H](O)[C@H](O)C3)nc21. The van der Waals surface area contributed by atoms with Crippen molar-refractivity contribution in [2.24, 2.45) is 5.92 Å². The number of carbonyl (C=O) groups excluding carboxylic acids is 1. The summed E-state index contributed by atoms with van der Waals surface area (Å²) in [6, 6.07) is 1.06. The van der Waals surface area contributed by atoms with Gasteiger partial charge < -0.3 is 20.4 Å². The summed E-state index contributed by atoms with van der Waals surface area (Å²) in [6.07, 6.45) is -5.48. The third kappa shape index (κ3) is 4.96. The van der Waals surface area contributed by atoms with Crippen LogP contribution in [0.5, 0.6) is 0 Å². The van der Waals surface area contributed by atoms with E-state index < -0.39 is 58.9 Å². The van der Waals surface area contributed by atoms with Crippen LogP contribution in [0.3, 0.4) is 0 Å². The summed E-state index contributed by atoms with van der Waals surface area (Å²) >= 11 is 0. The number of pyridine rings is 2. The number of hydrogen-bond acceptors (Lipinski definition) is 6. The summed E-state index contributed by atoms with van der Waals surface area (Å²) in [5.41, 5.74) is -0.842. The molecule has 2 fully saturated rings. The molecule has 3 aromatic rings. The molecule has 1 aromatic carbocycles. The molecule has 0 spiro atoms. The van der Waals surface area contributed by atoms with Gasteiger partial charge in [-0.05, 0) is 61.9 Å². The van der Waals surface area contributed by atoms with Crippen LogP contribution in [0.2, 0.25) is 0 Å². The molecule has 3 heterocycles. The highest BCUT2D eigenvalue weighted by atomic mass is 19.4. The van der Waals surface area contributed by atoms with E-state index in [0.717, 1.165) is 12.3 Å². The Morgan fingerprint density at radius 3 is 2.21 bits per heavy atom. The maximum Gasteiger partial charge on any atom is 0.408 e. The molecule has 1 saturated heterocycles. The van der Waals surface area contributed by atoms with Gasteiger partial charge in [0.15, 0.2) is 17.3 Å². The van der Waals surface area contributed by atoms with E-state index in [0.29, 0.717) is 11.1 Å². The third-order valence-corrected chi connectivity index (χ3v) is 7.15. The number of aliphatic hydroxyl groups is 2. The van der Waals surface area contributed by atoms with E-state index in [1.165, 1.54) is 21.6 Å². The summed E-state index contributed by atoms with van der Waals surface area (Å²) in [4.78, 5) is 32.0. The summed E-state index contributed by atoms with van der Waals surface area (Å²) in [5.74, 6) is -3.92. The van der Waals surface area contributed by atoms with Crippen molar-refractivity contribution in [3.05, 3.63) is 62.9 Å². The number of halogens is 5. The maximum atomic E-state index is 15.3. The second-order valence-corrected chi connectivity index (χ2v) is 10.2. The third-order valence-electron chi connectivity index (χ3n) is 7.15. The fourth-order valence-corrected chi connectivity index (χ4v) is 5.11. The van der Waals surface area contributed by atoms with E-state index in [2.05, 4.69) is 4.98 Å². The summed E-state index contributed by atoms with van der Waals surface area (Å²) < 4.78 is 71.4. The quantitative estimate of drug-likeness (QED) is 0.421. The Hall–Kier alpha value is -3.58. The predicted octanol–water partition coefficient (Wildman–Crippen LogP) is 2.89. The van der Waals surface area contributed by atoms with Crippen molar-refractivity contribution < 1.29 is 37.0 Å². The van der Waals surface area contributed by atoms with Crippen molar-refractivity contribution in [1.82, 2.24) is 14.9 Å². The van der Waals surface area contributed by atoms with Crippen molar-refractivity contribution in [1.29, 1.82) is 0 Å². The first-order valence-corrected chi connectivity index (χ1v) is 12.3. The van der Waals surface area contributed by atoms with Crippen LogP contribution in [0.4, 0.5) is 27.8 Å². The van der Waals surface area contributed by atoms with Gasteiger partial charge in [-0.3, -0.25) is 14.2 Å². The molecule has 2 aliphatic rings. The zero-order chi connectivity index (χ0) is 28.4. The van der Waals surface area contributed by atoms with E-state index >= 15 is 4.39 Å². The standard InChI is InChI=1S/C26H25F5N4O4/c1-11-5-14(27)6-12(2)20(11)35-8-16(25(39)32-22(13-3-4-13)26(29,30)31)21(38)15-7-17(28)24(33-23(15)35)34-9-18(36)19(37)10-34/h5-8,13,18-19,22,36-37H,3-4,9-10H2,1-2H3,(H,32,39)/t18-,19-,22?/m1/s1. The summed E-state index contributed by atoms with van der Waals surface area (Å²) in [5, 5.41) is 21.4. The number of aliphatic hydroxyl groups excluding tert-OH is 2. The Bertz CT molecular complexity index is 1500. The Kier molecular flexibility index (Phi) is 6.62. The minimum Gasteiger partial charge on any atom is -0.389 e. The van der Waals surface area contributed by atoms with E-state index in [1.807, 2.05) is 5.32 Å². The van der Waals surface area contributed by atoms with Crippen LogP contribution in [-0.2, 0) is 0 Å². The van der Waals surface area contributed by atoms with Crippen molar-refractivity contribution >= 4 is 22.8 Å². The van der Waals surface area contributed by atoms with Crippen LogP contribution in [0.15, 0.2) is 29.2 Å². The van der Waals surface area contributed by atoms with Gasteiger partial charge in [-0.25, -0.2) is 13.8 Å². The number of amides is 1. The molecule has 39 heavy (non-hydrogen) atoms. The maximum absolute atomic E-state index is 15.3. The van der Waals surface area contributed by atoms with Crippen molar-refractivity contribution in [3.8, 4) is 5.69 Å². The molecule has 208 valence electrons. The number of benzene rings is 1. The molecule has 1 amide bonds. The van der Waals surface area contributed by atoms with Crippen LogP contribution < -0.4 is 15.6 Å². The molecule has 0 bridgehead atoms. The highest BCUT2D eigenvalue weighted by molar-refractivity contribution is 5.97. The number of nitrogens with one attached hydrogen (secondary N) is 1. The highest BCUT2D eigenvalue weighted by Crippen LogP contribution is 2.40. The zero-order valence-electron chi connectivity index (χ0n) is 20.9. The van der Waals surface area contributed by atoms with Crippen LogP contribution in [0.1, 0.15) is 34.3 Å². The van der Waals surface area contributed by atoms with E-state index in [-0.39, 0.29) is 48.5 Å². The van der Waals surface area contributed by atoms with Gasteiger partial charge in [-0.2, -0.15) is 13.2 Å². The lowest BCUT2D eigenvalue weighted by atomic mass is 10.1. The first-order chi connectivity index (χ1) is 18.3. The predicted molar refractivity (Wildman–Crippen MR) is 131 cm³/mol. The highest BCUT2D eigenvalue weighted by Gasteiger charge is 2.50. The van der Waals surface area contributed by atoms with E-state index in [4.69, 9.17) is 0 Å². The van der Waals surface area contributed by atoms with Crippen molar-refractivity contribution in [2.75, 3.05) is 18.0 Å². The second-order valence-electron chi connectivity index (χ2n) is 10.2. The molecule has 1 saturated carbocycles. The Morgan fingerprint density at radius 2 is 1.67 bits per heavy atom. The van der Waals surface area contributed by atoms with Gasteiger partial charge in [0, 0.05) is 19.3 Å². The number of carbonyl (C=O) groups is 1. The number of aromatic nitrogens is 2. The summed E-state index contributed by atoms with van der Waals surface area (Å²) in [6.45, 7) is 2.82. The monoisotopic (exact) mass is 552 g/mol. The van der Waals surface area contributed by atoms with Crippen molar-refractivity contribution in [2.45, 2.75) is 51.1 Å². The number of nitrogens with zero attached hydrogens (tertiary/aromatic N) is 3. The molecule has 2 aromatic heterocycles. The Labute approximate surface area is 218 Å². The van der Waals surface area contributed by atoms with Gasteiger partial charge in [-0.15, -0.1) is 0 Å². The number of aryl methyl sites for hydroxylation is 2. The van der Waals surface area contributed by atoms with Crippen LogP contribution >= 0.6 is 0 Å². The van der Waals surface area contributed by atoms with Crippen LogP contribution in [-0.4, -0.2) is 63.2 Å². The van der Waals surface area contributed by atoms with Gasteiger partial charge in [0.2, 0.25) is 5.43 Å². The van der Waals surface area contributed by atoms with E-state index in [9.17, 15) is 37.4 Å². The van der Waals surface area contributed by atoms with Crippen LogP contribution in [0.25, 0.3) is 16.7 Å². The molecule has 3 N–H and O–H groups in total. The minimum atomic E-state index is -4.73. The second kappa shape index (κ2) is 9.56. The number of anilines is 1. The van der Waals surface area contributed by atoms with Gasteiger partial charge in [0.1, 0.15) is 17.4 Å². The topological polar surface area (TPSA) is 108 Å². The molecule has 8 nitrogen and oxygen atoms in total. The fourth-order valence-electron chi connectivity index (χ4n) is 5.11. The average Bonchev–Trinajstić information content (AvgIpc) is 3.61. The van der Waals surface area contributed by atoms with Crippen LogP contribution in [0, 0.1) is 31.4 Å². The number of β-amino-alcohol motifs (C(OH)–C–C–N with tert-alkyl or cyclic N) is 2. The molecule has 1 unspecified atom stereocenters. The van der Waals surface area contributed by atoms with Gasteiger partial charge in [0.25, 0.3) is 5.91 Å². The summed E-state index contributed by atoms with van der Waals surface area (Å²) in [7, 11) is 0. The zero-order valence-corrected chi connectivity index (χ0v) is 20.9. The molecule has 1 aliphatic carbocycles. The van der Waals surface area contributed by atoms with Crippen molar-refractivity contribution in [3.63, 3.8) is 0 Å². The Balaban J connectivity index is 1.72. The molecule has 3 atom stereocenters. The lowest BCUT2D eigenvalue weighted by molar-refractivity contribution is -0.158. The largest absolute Gasteiger partial charge is 0.408 e. The molecule has 13 heteroatoms. The molecular weight excluding hydrogens is 527 g/mol. The first kappa shape index (κ1) is 27.0. The Morgan fingerprint density at radius 1 is 1.08 bits per heavy atom. The smallest absolute Gasteiger partial charge is 0.389 e. The molecule has 0 radical (unpaired) electrons. The molecule has 5 rings (SSSR count). The normalized spacial score (nSPS) is 20.5. The lowest BCUT2D eigenvalue weighted by Gasteiger charge is -2.23. The molecular formula is C26H25F5N4O4. The van der Waals surface area contributed by atoms with Gasteiger partial charge in [0.05, 0.1) is 23.3 Å².